The summed E-state index contributed by atoms with van der Waals surface area (Å²) in [5.41, 5.74) is 6.52. The number of thiazole rings is 1. The van der Waals surface area contributed by atoms with E-state index >= 15 is 0 Å². The van der Waals surface area contributed by atoms with Crippen LogP contribution in [0.2, 0.25) is 0 Å². The number of nitrogens with two attached hydrogens (primary N) is 1. The highest BCUT2D eigenvalue weighted by atomic mass is 32.1. The van der Waals surface area contributed by atoms with Gasteiger partial charge in [0.15, 0.2) is 5.13 Å². The number of aromatic nitrogens is 1. The maximum absolute atomic E-state index is 12.0. The van der Waals surface area contributed by atoms with Crippen molar-refractivity contribution in [2.75, 3.05) is 5.73 Å². The zero-order valence-electron chi connectivity index (χ0n) is 11.1. The van der Waals surface area contributed by atoms with E-state index in [1.54, 1.807) is 0 Å². The SMILES string of the molecule is Nc1nc(CCC(=O)N[C@@H]2CC[C@H]3CCC[C@H]32)cs1. The number of carbonyl (C=O) groups is 1. The topological polar surface area (TPSA) is 68.0 Å². The Morgan fingerprint density at radius 3 is 3.11 bits per heavy atom. The van der Waals surface area contributed by atoms with Crippen molar-refractivity contribution >= 4 is 22.4 Å². The third kappa shape index (κ3) is 2.91. The minimum atomic E-state index is 0.170. The zero-order chi connectivity index (χ0) is 13.2. The van der Waals surface area contributed by atoms with Gasteiger partial charge in [-0.2, -0.15) is 0 Å². The smallest absolute Gasteiger partial charge is 0.220 e. The van der Waals surface area contributed by atoms with Crippen LogP contribution in [0.3, 0.4) is 0 Å². The van der Waals surface area contributed by atoms with Gasteiger partial charge in [-0.25, -0.2) is 4.98 Å². The van der Waals surface area contributed by atoms with Crippen molar-refractivity contribution in [2.45, 2.75) is 51.0 Å². The average Bonchev–Trinajstić information content (AvgIpc) is 3.05. The predicted molar refractivity (Wildman–Crippen MR) is 76.8 cm³/mol. The van der Waals surface area contributed by atoms with Crippen LogP contribution in [0, 0.1) is 11.8 Å². The Kier molecular flexibility index (Phi) is 3.73. The van der Waals surface area contributed by atoms with Gasteiger partial charge in [0.05, 0.1) is 5.69 Å². The lowest BCUT2D eigenvalue weighted by molar-refractivity contribution is -0.122. The quantitative estimate of drug-likeness (QED) is 0.889. The molecule has 0 bridgehead atoms. The Morgan fingerprint density at radius 2 is 2.32 bits per heavy atom. The molecular weight excluding hydrogens is 258 g/mol. The summed E-state index contributed by atoms with van der Waals surface area (Å²) >= 11 is 1.44. The Morgan fingerprint density at radius 1 is 1.42 bits per heavy atom. The minimum Gasteiger partial charge on any atom is -0.375 e. The molecular formula is C14H21N3OS. The van der Waals surface area contributed by atoms with Crippen molar-refractivity contribution in [3.63, 3.8) is 0 Å². The Labute approximate surface area is 117 Å². The molecule has 19 heavy (non-hydrogen) atoms. The number of fused-ring (bicyclic) bond motifs is 1. The Hall–Kier alpha value is -1.10. The first-order valence-electron chi connectivity index (χ1n) is 7.21. The molecule has 0 spiro atoms. The number of nitrogen functional groups attached to an aromatic ring is 1. The lowest BCUT2D eigenvalue weighted by Gasteiger charge is -2.19. The fourth-order valence-electron chi connectivity index (χ4n) is 3.70. The first-order chi connectivity index (χ1) is 9.22. The van der Waals surface area contributed by atoms with Gasteiger partial charge in [-0.3, -0.25) is 4.79 Å². The number of anilines is 1. The molecule has 0 aromatic carbocycles. The van der Waals surface area contributed by atoms with Gasteiger partial charge in [0, 0.05) is 17.8 Å². The summed E-state index contributed by atoms with van der Waals surface area (Å²) in [7, 11) is 0. The second-order valence-corrected chi connectivity index (χ2v) is 6.67. The van der Waals surface area contributed by atoms with Gasteiger partial charge in [0.1, 0.15) is 0 Å². The Balaban J connectivity index is 1.46. The molecule has 1 heterocycles. The Bertz CT molecular complexity index is 459. The number of nitrogens with zero attached hydrogens (tertiary/aromatic N) is 1. The van der Waals surface area contributed by atoms with Crippen LogP contribution >= 0.6 is 11.3 Å². The first-order valence-corrected chi connectivity index (χ1v) is 8.09. The standard InChI is InChI=1S/C14H21N3OS/c15-14-16-10(8-19-14)5-7-13(18)17-12-6-4-9-2-1-3-11(9)12/h8-9,11-12H,1-7H2,(H2,15,16)(H,17,18)/t9-,11-,12-/m1/s1. The molecule has 1 aromatic heterocycles. The van der Waals surface area contributed by atoms with Crippen molar-refractivity contribution in [1.29, 1.82) is 0 Å². The molecule has 4 nitrogen and oxygen atoms in total. The van der Waals surface area contributed by atoms with Crippen molar-refractivity contribution in [3.8, 4) is 0 Å². The molecule has 2 aliphatic carbocycles. The van der Waals surface area contributed by atoms with Crippen LogP contribution in [0.1, 0.15) is 44.2 Å². The molecule has 0 saturated heterocycles. The number of aryl methyl sites for hydroxylation is 1. The lowest BCUT2D eigenvalue weighted by atomic mass is 9.97. The number of hydrogen-bond donors (Lipinski definition) is 2. The van der Waals surface area contributed by atoms with Gasteiger partial charge in [0.2, 0.25) is 5.91 Å². The third-order valence-electron chi connectivity index (χ3n) is 4.61. The molecule has 1 aromatic rings. The highest BCUT2D eigenvalue weighted by Gasteiger charge is 2.39. The van der Waals surface area contributed by atoms with Crippen LogP contribution in [0.25, 0.3) is 0 Å². The van der Waals surface area contributed by atoms with E-state index in [1.165, 1.54) is 43.4 Å². The van der Waals surface area contributed by atoms with Gasteiger partial charge in [0.25, 0.3) is 0 Å². The summed E-state index contributed by atoms with van der Waals surface area (Å²) in [5, 5.41) is 5.75. The molecule has 3 atom stereocenters. The van der Waals surface area contributed by atoms with Crippen LogP contribution in [-0.2, 0) is 11.2 Å². The van der Waals surface area contributed by atoms with Crippen molar-refractivity contribution in [3.05, 3.63) is 11.1 Å². The van der Waals surface area contributed by atoms with Gasteiger partial charge < -0.3 is 11.1 Å². The van der Waals surface area contributed by atoms with Crippen LogP contribution in [-0.4, -0.2) is 16.9 Å². The summed E-state index contributed by atoms with van der Waals surface area (Å²) in [6.07, 6.45) is 7.72. The van der Waals surface area contributed by atoms with Crippen molar-refractivity contribution < 1.29 is 4.79 Å². The van der Waals surface area contributed by atoms with Gasteiger partial charge >= 0.3 is 0 Å². The molecule has 0 aliphatic heterocycles. The van der Waals surface area contributed by atoms with Gasteiger partial charge in [-0.1, -0.05) is 12.8 Å². The largest absolute Gasteiger partial charge is 0.375 e. The van der Waals surface area contributed by atoms with Crippen LogP contribution in [0.5, 0.6) is 0 Å². The molecule has 2 saturated carbocycles. The highest BCUT2D eigenvalue weighted by Crippen LogP contribution is 2.43. The number of amides is 1. The van der Waals surface area contributed by atoms with E-state index < -0.39 is 0 Å². The van der Waals surface area contributed by atoms with E-state index in [2.05, 4.69) is 10.3 Å². The summed E-state index contributed by atoms with van der Waals surface area (Å²) in [6, 6.07) is 0.431. The lowest BCUT2D eigenvalue weighted by Crippen LogP contribution is -2.37. The number of carbonyl (C=O) groups excluding carboxylic acids is 1. The van der Waals surface area contributed by atoms with Crippen LogP contribution in [0.15, 0.2) is 5.38 Å². The molecule has 0 unspecified atom stereocenters. The molecule has 1 amide bonds. The molecule has 3 rings (SSSR count). The van der Waals surface area contributed by atoms with E-state index in [9.17, 15) is 4.79 Å². The second-order valence-electron chi connectivity index (χ2n) is 5.78. The fourth-order valence-corrected chi connectivity index (χ4v) is 4.30. The maximum atomic E-state index is 12.0. The minimum absolute atomic E-state index is 0.170. The van der Waals surface area contributed by atoms with Gasteiger partial charge in [-0.05, 0) is 37.5 Å². The number of rotatable bonds is 4. The van der Waals surface area contributed by atoms with Crippen LogP contribution < -0.4 is 11.1 Å². The monoisotopic (exact) mass is 279 g/mol. The summed E-state index contributed by atoms with van der Waals surface area (Å²) < 4.78 is 0. The van der Waals surface area contributed by atoms with Crippen molar-refractivity contribution in [1.82, 2.24) is 10.3 Å². The summed E-state index contributed by atoms with van der Waals surface area (Å²) in [4.78, 5) is 16.2. The zero-order valence-corrected chi connectivity index (χ0v) is 11.9. The van der Waals surface area contributed by atoms with E-state index in [4.69, 9.17) is 5.73 Å². The third-order valence-corrected chi connectivity index (χ3v) is 5.33. The summed E-state index contributed by atoms with van der Waals surface area (Å²) in [6.45, 7) is 0. The second kappa shape index (κ2) is 5.49. The van der Waals surface area contributed by atoms with Gasteiger partial charge in [-0.15, -0.1) is 11.3 Å². The van der Waals surface area contributed by atoms with E-state index in [1.807, 2.05) is 5.38 Å². The maximum Gasteiger partial charge on any atom is 0.220 e. The van der Waals surface area contributed by atoms with Crippen molar-refractivity contribution in [2.24, 2.45) is 11.8 Å². The molecule has 2 aliphatic rings. The molecule has 3 N–H and O–H groups in total. The van der Waals surface area contributed by atoms with E-state index in [0.29, 0.717) is 24.0 Å². The number of nitrogens with one attached hydrogen (secondary N) is 1. The van der Waals surface area contributed by atoms with Crippen LogP contribution in [0.4, 0.5) is 5.13 Å². The molecule has 5 heteroatoms. The molecule has 2 fully saturated rings. The molecule has 104 valence electrons. The average molecular weight is 279 g/mol. The predicted octanol–water partition coefficient (Wildman–Crippen LogP) is 2.35. The normalized spacial score (nSPS) is 29.4. The number of hydrogen-bond acceptors (Lipinski definition) is 4. The summed E-state index contributed by atoms with van der Waals surface area (Å²) in [5.74, 6) is 1.80. The first kappa shape index (κ1) is 12.9. The highest BCUT2D eigenvalue weighted by molar-refractivity contribution is 7.13. The van der Waals surface area contributed by atoms with E-state index in [-0.39, 0.29) is 5.91 Å². The fraction of sp³-hybridized carbons (Fsp3) is 0.714. The van der Waals surface area contributed by atoms with E-state index in [0.717, 1.165) is 17.5 Å². The molecule has 0 radical (unpaired) electrons.